The van der Waals surface area contributed by atoms with Gasteiger partial charge < -0.3 is 4.90 Å². The van der Waals surface area contributed by atoms with Crippen molar-refractivity contribution in [2.24, 2.45) is 17.8 Å². The maximum absolute atomic E-state index is 14.3. The first-order chi connectivity index (χ1) is 16.2. The quantitative estimate of drug-likeness (QED) is 0.502. The summed E-state index contributed by atoms with van der Waals surface area (Å²) in [4.78, 5) is 59.6. The van der Waals surface area contributed by atoms with Crippen molar-refractivity contribution in [2.45, 2.75) is 45.7 Å². The number of benzene rings is 2. The van der Waals surface area contributed by atoms with Crippen molar-refractivity contribution in [1.82, 2.24) is 9.80 Å². The summed E-state index contributed by atoms with van der Waals surface area (Å²) in [7, 11) is 0. The molecule has 3 aliphatic rings. The van der Waals surface area contributed by atoms with Gasteiger partial charge in [-0.2, -0.15) is 0 Å². The lowest BCUT2D eigenvalue weighted by Gasteiger charge is -2.36. The molecule has 2 aromatic rings. The zero-order valence-corrected chi connectivity index (χ0v) is 19.9. The van der Waals surface area contributed by atoms with Crippen LogP contribution in [-0.2, 0) is 14.4 Å². The Bertz CT molecular complexity index is 1180. The highest BCUT2D eigenvalue weighted by atomic mass is 16.2. The van der Waals surface area contributed by atoms with Gasteiger partial charge in [-0.25, -0.2) is 9.69 Å². The minimum Gasteiger partial charge on any atom is -0.300 e. The molecule has 0 radical (unpaired) electrons. The molecule has 0 unspecified atom stereocenters. The summed E-state index contributed by atoms with van der Waals surface area (Å²) >= 11 is 0. The largest absolute Gasteiger partial charge is 0.332 e. The molecule has 5 rings (SSSR count). The molecule has 4 atom stereocenters. The zero-order valence-electron chi connectivity index (χ0n) is 19.9. The number of aryl methyl sites for hydroxylation is 1. The van der Waals surface area contributed by atoms with E-state index in [0.29, 0.717) is 12.1 Å². The van der Waals surface area contributed by atoms with Gasteiger partial charge in [-0.3, -0.25) is 19.3 Å². The minimum absolute atomic E-state index is 0.0194. The predicted molar refractivity (Wildman–Crippen MR) is 127 cm³/mol. The van der Waals surface area contributed by atoms with E-state index >= 15 is 0 Å². The van der Waals surface area contributed by atoms with E-state index in [-0.39, 0.29) is 24.3 Å². The van der Waals surface area contributed by atoms with Crippen LogP contribution in [0.15, 0.2) is 54.6 Å². The van der Waals surface area contributed by atoms with Crippen LogP contribution < -0.4 is 4.90 Å². The van der Waals surface area contributed by atoms with E-state index < -0.39 is 35.4 Å². The lowest BCUT2D eigenvalue weighted by Crippen LogP contribution is -2.54. The normalized spacial score (nSPS) is 28.4. The van der Waals surface area contributed by atoms with Gasteiger partial charge in [0.15, 0.2) is 0 Å². The van der Waals surface area contributed by atoms with Crippen LogP contribution in [0.2, 0.25) is 0 Å². The van der Waals surface area contributed by atoms with Gasteiger partial charge in [0.2, 0.25) is 11.8 Å². The molecule has 7 heteroatoms. The van der Waals surface area contributed by atoms with Crippen LogP contribution in [0.25, 0.3) is 0 Å². The van der Waals surface area contributed by atoms with Crippen LogP contribution in [0, 0.1) is 24.7 Å². The van der Waals surface area contributed by atoms with Gasteiger partial charge in [0.25, 0.3) is 5.91 Å². The SMILES string of the molecule is CCN1C(=O)[C@H]2[C@@H](c3ccccc3)N3C(=O)N(c4ccc(C)cc4)C(=O)[C@@]3(CC(C)C)[C@H]2C1=O. The molecule has 0 saturated carbocycles. The second-order valence-electron chi connectivity index (χ2n) is 9.93. The van der Waals surface area contributed by atoms with Gasteiger partial charge in [-0.1, -0.05) is 61.9 Å². The first kappa shape index (κ1) is 22.3. The molecule has 7 nitrogen and oxygen atoms in total. The zero-order chi connectivity index (χ0) is 24.4. The number of hydrogen-bond acceptors (Lipinski definition) is 4. The maximum atomic E-state index is 14.3. The van der Waals surface area contributed by atoms with Crippen LogP contribution >= 0.6 is 0 Å². The number of likely N-dealkylation sites (tertiary alicyclic amines) is 1. The highest BCUT2D eigenvalue weighted by Gasteiger charge is 2.77. The lowest BCUT2D eigenvalue weighted by atomic mass is 9.74. The van der Waals surface area contributed by atoms with Crippen LogP contribution in [0.4, 0.5) is 10.5 Å². The van der Waals surface area contributed by atoms with Gasteiger partial charge in [-0.05, 0) is 43.9 Å². The monoisotopic (exact) mass is 459 g/mol. The number of fused-ring (bicyclic) bond motifs is 3. The Labute approximate surface area is 199 Å². The molecule has 0 bridgehead atoms. The van der Waals surface area contributed by atoms with Crippen molar-refractivity contribution in [2.75, 3.05) is 11.4 Å². The Morgan fingerprint density at radius 3 is 2.15 bits per heavy atom. The number of nitrogens with zero attached hydrogens (tertiary/aromatic N) is 3. The molecule has 0 N–H and O–H groups in total. The fraction of sp³-hybridized carbons (Fsp3) is 0.407. The Hall–Kier alpha value is -3.48. The van der Waals surface area contributed by atoms with E-state index in [9.17, 15) is 19.2 Å². The summed E-state index contributed by atoms with van der Waals surface area (Å²) in [5, 5.41) is 0. The highest BCUT2D eigenvalue weighted by Crippen LogP contribution is 2.60. The maximum Gasteiger partial charge on any atom is 0.332 e. The van der Waals surface area contributed by atoms with Crippen molar-refractivity contribution in [3.63, 3.8) is 0 Å². The molecule has 0 spiro atoms. The van der Waals surface area contributed by atoms with Gasteiger partial charge in [0.1, 0.15) is 5.54 Å². The second kappa shape index (κ2) is 7.79. The summed E-state index contributed by atoms with van der Waals surface area (Å²) in [6.45, 7) is 7.90. The standard InChI is InChI=1S/C27H29N3O4/c1-5-28-23(31)20-21(24(28)32)27(15-16(2)3)25(33)29(19-13-11-17(4)12-14-19)26(34)30(27)22(20)18-9-7-6-8-10-18/h6-14,16,20-22H,5,15H2,1-4H3/t20-,21-,22-,27-/m1/s1. The average Bonchev–Trinajstić information content (AvgIpc) is 3.32. The average molecular weight is 460 g/mol. The van der Waals surface area contributed by atoms with Crippen LogP contribution in [0.3, 0.4) is 0 Å². The van der Waals surface area contributed by atoms with Crippen molar-refractivity contribution in [1.29, 1.82) is 0 Å². The van der Waals surface area contributed by atoms with Crippen LogP contribution in [-0.4, -0.2) is 45.6 Å². The molecule has 0 aromatic heterocycles. The van der Waals surface area contributed by atoms with Crippen molar-refractivity contribution in [3.05, 3.63) is 65.7 Å². The number of anilines is 1. The number of rotatable bonds is 5. The topological polar surface area (TPSA) is 78.0 Å². The van der Waals surface area contributed by atoms with E-state index in [0.717, 1.165) is 11.1 Å². The van der Waals surface area contributed by atoms with Crippen LogP contribution in [0.5, 0.6) is 0 Å². The molecule has 3 aliphatic heterocycles. The summed E-state index contributed by atoms with van der Waals surface area (Å²) in [5.74, 6) is -2.73. The third-order valence-corrected chi connectivity index (χ3v) is 7.44. The summed E-state index contributed by atoms with van der Waals surface area (Å²) in [6.07, 6.45) is 0.307. The second-order valence-corrected chi connectivity index (χ2v) is 9.93. The van der Waals surface area contributed by atoms with Gasteiger partial charge >= 0.3 is 6.03 Å². The molecule has 3 saturated heterocycles. The minimum atomic E-state index is -1.40. The molecule has 176 valence electrons. The molecular formula is C27H29N3O4. The third-order valence-electron chi connectivity index (χ3n) is 7.44. The van der Waals surface area contributed by atoms with E-state index in [2.05, 4.69) is 0 Å². The molecular weight excluding hydrogens is 430 g/mol. The van der Waals surface area contributed by atoms with E-state index in [1.54, 1.807) is 24.0 Å². The molecule has 0 aliphatic carbocycles. The number of urea groups is 1. The molecule has 3 fully saturated rings. The first-order valence-electron chi connectivity index (χ1n) is 11.9. The summed E-state index contributed by atoms with van der Waals surface area (Å²) in [6, 6.07) is 15.4. The third kappa shape index (κ3) is 2.82. The fourth-order valence-corrected chi connectivity index (χ4v) is 6.22. The van der Waals surface area contributed by atoms with E-state index in [4.69, 9.17) is 0 Å². The number of imide groups is 2. The van der Waals surface area contributed by atoms with Crippen molar-refractivity contribution < 1.29 is 19.2 Å². The number of carbonyl (C=O) groups excluding carboxylic acids is 4. The van der Waals surface area contributed by atoms with Crippen LogP contribution in [0.1, 0.15) is 44.4 Å². The van der Waals surface area contributed by atoms with Crippen molar-refractivity contribution >= 4 is 29.4 Å². The van der Waals surface area contributed by atoms with E-state index in [1.165, 1.54) is 9.80 Å². The Kier molecular flexibility index (Phi) is 5.11. The fourth-order valence-electron chi connectivity index (χ4n) is 6.22. The lowest BCUT2D eigenvalue weighted by molar-refractivity contribution is -0.144. The van der Waals surface area contributed by atoms with Gasteiger partial charge in [0, 0.05) is 6.54 Å². The highest BCUT2D eigenvalue weighted by molar-refractivity contribution is 6.26. The first-order valence-corrected chi connectivity index (χ1v) is 11.9. The summed E-state index contributed by atoms with van der Waals surface area (Å²) in [5.41, 5.74) is 0.843. The summed E-state index contributed by atoms with van der Waals surface area (Å²) < 4.78 is 0. The Balaban J connectivity index is 1.76. The molecule has 5 amide bonds. The van der Waals surface area contributed by atoms with Crippen molar-refractivity contribution in [3.8, 4) is 0 Å². The predicted octanol–water partition coefficient (Wildman–Crippen LogP) is 3.92. The smallest absolute Gasteiger partial charge is 0.300 e. The molecule has 34 heavy (non-hydrogen) atoms. The number of amides is 5. The Morgan fingerprint density at radius 2 is 1.56 bits per heavy atom. The number of hydrogen-bond donors (Lipinski definition) is 0. The molecule has 3 heterocycles. The Morgan fingerprint density at radius 1 is 0.912 bits per heavy atom. The van der Waals surface area contributed by atoms with Gasteiger partial charge in [-0.15, -0.1) is 0 Å². The number of carbonyl (C=O) groups is 4. The van der Waals surface area contributed by atoms with E-state index in [1.807, 2.05) is 63.2 Å². The molecule has 2 aromatic carbocycles. The van der Waals surface area contributed by atoms with Gasteiger partial charge in [0.05, 0.1) is 23.6 Å².